The minimum atomic E-state index is -3.64. The molecule has 0 radical (unpaired) electrons. The molecule has 2 saturated heterocycles. The van der Waals surface area contributed by atoms with Crippen molar-refractivity contribution < 1.29 is 27.4 Å². The number of hydrogen-bond donors (Lipinski definition) is 0. The van der Waals surface area contributed by atoms with Crippen molar-refractivity contribution in [3.8, 4) is 11.5 Å². The summed E-state index contributed by atoms with van der Waals surface area (Å²) in [4.78, 5) is 15.5. The van der Waals surface area contributed by atoms with E-state index in [0.29, 0.717) is 11.5 Å². The van der Waals surface area contributed by atoms with Crippen molar-refractivity contribution in [2.75, 3.05) is 33.6 Å². The predicted octanol–water partition coefficient (Wildman–Crippen LogP) is 0.891. The first-order chi connectivity index (χ1) is 14.8. The fourth-order valence-electron chi connectivity index (χ4n) is 8.53. The number of nitrogens with zero attached hydrogens (tertiary/aromatic N) is 1. The van der Waals surface area contributed by atoms with Crippen LogP contribution in [0.1, 0.15) is 17.5 Å². The van der Waals surface area contributed by atoms with E-state index in [2.05, 4.69) is 24.1 Å². The van der Waals surface area contributed by atoms with E-state index >= 15 is 0 Å². The standard InChI is InChI=1S/C23H25NO6S/c1-24-9-8-22-16-12-4-5-14(28-2)18(16)30-20(22)23(29-3)7-6-21(22,15(24)10-12)19-17(23)13(25)11-31(19,26)27/h4-7,15,17,19-20H,8-11H2,1-3H3/t15-,17+,19-,20?,21+,22+,23-/m1/s1. The van der Waals surface area contributed by atoms with Gasteiger partial charge in [0, 0.05) is 24.1 Å². The molecule has 8 rings (SSSR count). The van der Waals surface area contributed by atoms with Gasteiger partial charge in [-0.3, -0.25) is 4.79 Å². The Morgan fingerprint density at radius 3 is 2.77 bits per heavy atom. The minimum absolute atomic E-state index is 0.0289. The minimum Gasteiger partial charge on any atom is -0.493 e. The Kier molecular flexibility index (Phi) is 3.12. The highest BCUT2D eigenvalue weighted by atomic mass is 32.2. The van der Waals surface area contributed by atoms with E-state index in [1.807, 2.05) is 12.1 Å². The third-order valence-corrected chi connectivity index (χ3v) is 11.5. The monoisotopic (exact) mass is 443 g/mol. The van der Waals surface area contributed by atoms with Gasteiger partial charge in [0.1, 0.15) is 17.5 Å². The molecule has 4 aliphatic carbocycles. The van der Waals surface area contributed by atoms with Gasteiger partial charge in [-0.15, -0.1) is 0 Å². The number of hydrogen-bond acceptors (Lipinski definition) is 7. The van der Waals surface area contributed by atoms with Crippen LogP contribution in [0.2, 0.25) is 0 Å². The molecule has 3 aliphatic heterocycles. The van der Waals surface area contributed by atoms with Gasteiger partial charge in [-0.05, 0) is 38.1 Å². The summed E-state index contributed by atoms with van der Waals surface area (Å²) >= 11 is 0. The summed E-state index contributed by atoms with van der Waals surface area (Å²) in [5.74, 6) is -0.0502. The Morgan fingerprint density at radius 1 is 1.23 bits per heavy atom. The summed E-state index contributed by atoms with van der Waals surface area (Å²) in [7, 11) is 1.64. The Morgan fingerprint density at radius 2 is 2.03 bits per heavy atom. The normalized spacial score (nSPS) is 47.1. The number of carbonyl (C=O) groups is 1. The molecule has 2 spiro atoms. The summed E-state index contributed by atoms with van der Waals surface area (Å²) < 4.78 is 45.7. The Bertz CT molecular complexity index is 1210. The lowest BCUT2D eigenvalue weighted by Gasteiger charge is -2.71. The lowest BCUT2D eigenvalue weighted by molar-refractivity contribution is -0.207. The molecule has 4 bridgehead atoms. The van der Waals surface area contributed by atoms with Gasteiger partial charge in [0.25, 0.3) is 0 Å². The Balaban J connectivity index is 1.66. The first kappa shape index (κ1) is 18.7. The van der Waals surface area contributed by atoms with Gasteiger partial charge in [0.2, 0.25) is 0 Å². The number of likely N-dealkylation sites (tertiary alicyclic amines) is 1. The molecule has 7 atom stereocenters. The number of Topliss-reactive ketones (excluding diaryl/α,β-unsaturated/α-hetero) is 1. The smallest absolute Gasteiger partial charge is 0.166 e. The van der Waals surface area contributed by atoms with Gasteiger partial charge in [0.05, 0.1) is 23.7 Å². The van der Waals surface area contributed by atoms with E-state index in [9.17, 15) is 13.2 Å². The highest BCUT2D eigenvalue weighted by Gasteiger charge is 2.86. The van der Waals surface area contributed by atoms with E-state index in [-0.39, 0.29) is 11.8 Å². The number of rotatable bonds is 2. The molecule has 0 N–H and O–H groups in total. The Hall–Kier alpha value is -1.90. The van der Waals surface area contributed by atoms with E-state index in [4.69, 9.17) is 14.2 Å². The molecule has 3 fully saturated rings. The van der Waals surface area contributed by atoms with Crippen LogP contribution >= 0.6 is 0 Å². The molecule has 1 aromatic carbocycles. The van der Waals surface area contributed by atoms with Crippen LogP contribution < -0.4 is 9.47 Å². The zero-order valence-corrected chi connectivity index (χ0v) is 18.6. The van der Waals surface area contributed by atoms with Crippen LogP contribution in [0.15, 0.2) is 24.3 Å². The summed E-state index contributed by atoms with van der Waals surface area (Å²) in [6.45, 7) is 0.835. The SMILES string of the molecule is COc1ccc2c3c1OC1[C@@]4(OC)C=C[C@@]5([C@H]6[C@@H]4C(=O)CS6(=O)=O)[C@@H](C2)N(C)CC[C@]315. The molecule has 7 nitrogen and oxygen atoms in total. The molecule has 31 heavy (non-hydrogen) atoms. The zero-order chi connectivity index (χ0) is 21.6. The van der Waals surface area contributed by atoms with Crippen LogP contribution in [0.4, 0.5) is 0 Å². The van der Waals surface area contributed by atoms with Crippen molar-refractivity contribution in [1.29, 1.82) is 0 Å². The van der Waals surface area contributed by atoms with E-state index < -0.39 is 49.3 Å². The molecule has 7 aliphatic rings. The number of ether oxygens (including phenoxy) is 3. The van der Waals surface area contributed by atoms with Crippen molar-refractivity contribution in [3.05, 3.63) is 35.4 Å². The third-order valence-electron chi connectivity index (χ3n) is 9.41. The third kappa shape index (κ3) is 1.61. The summed E-state index contributed by atoms with van der Waals surface area (Å²) in [6, 6.07) is 4.01. The lowest BCUT2D eigenvalue weighted by Crippen LogP contribution is -2.83. The summed E-state index contributed by atoms with van der Waals surface area (Å²) in [5, 5.41) is -0.796. The lowest BCUT2D eigenvalue weighted by atomic mass is 9.36. The maximum Gasteiger partial charge on any atom is 0.166 e. The van der Waals surface area contributed by atoms with E-state index in [0.717, 1.165) is 24.9 Å². The molecule has 3 heterocycles. The van der Waals surface area contributed by atoms with Gasteiger partial charge in [-0.2, -0.15) is 0 Å². The van der Waals surface area contributed by atoms with Crippen LogP contribution in [-0.4, -0.2) is 75.7 Å². The molecule has 8 heteroatoms. The largest absolute Gasteiger partial charge is 0.493 e. The molecule has 1 aromatic rings. The quantitative estimate of drug-likeness (QED) is 0.628. The highest BCUT2D eigenvalue weighted by Crippen LogP contribution is 2.76. The molecule has 164 valence electrons. The average Bonchev–Trinajstić information content (AvgIpc) is 3.24. The van der Waals surface area contributed by atoms with Gasteiger partial charge in [-0.25, -0.2) is 8.42 Å². The second-order valence-corrected chi connectivity index (χ2v) is 12.2. The van der Waals surface area contributed by atoms with Crippen LogP contribution in [0, 0.1) is 11.3 Å². The molecule has 1 unspecified atom stereocenters. The van der Waals surface area contributed by atoms with Crippen LogP contribution in [0.3, 0.4) is 0 Å². The number of ketones is 1. The van der Waals surface area contributed by atoms with Gasteiger partial charge in [0.15, 0.2) is 27.1 Å². The van der Waals surface area contributed by atoms with Crippen molar-refractivity contribution in [2.45, 2.75) is 41.3 Å². The molecule has 0 aromatic heterocycles. The summed E-state index contributed by atoms with van der Waals surface area (Å²) in [5.41, 5.74) is -0.131. The van der Waals surface area contributed by atoms with Crippen molar-refractivity contribution in [1.82, 2.24) is 4.90 Å². The van der Waals surface area contributed by atoms with Crippen molar-refractivity contribution >= 4 is 15.6 Å². The number of piperidine rings is 1. The molecular formula is C23H25NO6S. The van der Waals surface area contributed by atoms with Crippen molar-refractivity contribution in [2.24, 2.45) is 11.3 Å². The maximum absolute atomic E-state index is 13.6. The van der Waals surface area contributed by atoms with Gasteiger partial charge in [-0.1, -0.05) is 18.2 Å². The number of sulfone groups is 1. The second kappa shape index (κ2) is 5.18. The van der Waals surface area contributed by atoms with Crippen LogP contribution in [0.5, 0.6) is 11.5 Å². The van der Waals surface area contributed by atoms with Gasteiger partial charge < -0.3 is 19.1 Å². The molecule has 1 saturated carbocycles. The first-order valence-corrected chi connectivity index (χ1v) is 12.6. The van der Waals surface area contributed by atoms with E-state index in [1.54, 1.807) is 14.2 Å². The fraction of sp³-hybridized carbons (Fsp3) is 0.609. The summed E-state index contributed by atoms with van der Waals surface area (Å²) in [6.07, 6.45) is 5.07. The maximum atomic E-state index is 13.6. The van der Waals surface area contributed by atoms with Crippen LogP contribution in [-0.2, 0) is 31.2 Å². The van der Waals surface area contributed by atoms with Crippen LogP contribution in [0.25, 0.3) is 0 Å². The topological polar surface area (TPSA) is 82.1 Å². The van der Waals surface area contributed by atoms with E-state index in [1.165, 1.54) is 5.56 Å². The number of carbonyl (C=O) groups excluding carboxylic acids is 1. The fourth-order valence-corrected chi connectivity index (χ4v) is 11.1. The highest BCUT2D eigenvalue weighted by molar-refractivity contribution is 7.93. The first-order valence-electron chi connectivity index (χ1n) is 10.9. The van der Waals surface area contributed by atoms with Gasteiger partial charge >= 0.3 is 0 Å². The number of benzene rings is 1. The average molecular weight is 444 g/mol. The second-order valence-electron chi connectivity index (χ2n) is 10.0. The Labute approximate surface area is 181 Å². The molecule has 0 amide bonds. The zero-order valence-electron chi connectivity index (χ0n) is 17.8. The molecular weight excluding hydrogens is 418 g/mol. The number of methoxy groups -OCH3 is 2. The number of likely N-dealkylation sites (N-methyl/N-ethyl adjacent to an activating group) is 1. The van der Waals surface area contributed by atoms with Crippen molar-refractivity contribution in [3.63, 3.8) is 0 Å². The predicted molar refractivity (Wildman–Crippen MR) is 111 cm³/mol.